The number of amides is 3. The van der Waals surface area contributed by atoms with Gasteiger partial charge in [-0.25, -0.2) is 14.6 Å². The second-order valence-electron chi connectivity index (χ2n) is 13.0. The molecule has 0 spiro atoms. The van der Waals surface area contributed by atoms with E-state index in [1.165, 1.54) is 48.0 Å². The lowest BCUT2D eigenvalue weighted by atomic mass is 9.95. The molecule has 6 rings (SSSR count). The molecule has 2 bridgehead atoms. The van der Waals surface area contributed by atoms with E-state index in [4.69, 9.17) is 22.2 Å². The summed E-state index contributed by atoms with van der Waals surface area (Å²) in [5.74, 6) is -5.35. The summed E-state index contributed by atoms with van der Waals surface area (Å²) in [5, 5.41) is 49.1. The van der Waals surface area contributed by atoms with Crippen LogP contribution >= 0.6 is 34.7 Å². The van der Waals surface area contributed by atoms with E-state index in [9.17, 15) is 44.4 Å². The maximum atomic E-state index is 13.4. The molecule has 272 valence electrons. The maximum Gasteiger partial charge on any atom is 0.352 e. The molecule has 3 saturated heterocycles. The van der Waals surface area contributed by atoms with E-state index in [2.05, 4.69) is 25.7 Å². The Morgan fingerprint density at radius 1 is 1.14 bits per heavy atom. The van der Waals surface area contributed by atoms with Gasteiger partial charge >= 0.3 is 11.9 Å². The van der Waals surface area contributed by atoms with Gasteiger partial charge in [-0.15, -0.1) is 23.1 Å². The summed E-state index contributed by atoms with van der Waals surface area (Å²) in [6.07, 6.45) is 2.85. The van der Waals surface area contributed by atoms with Gasteiger partial charge in [-0.05, 0) is 57.2 Å². The number of carbonyl (C=O) groups excluding carboxylic acids is 3. The molecule has 51 heavy (non-hydrogen) atoms. The van der Waals surface area contributed by atoms with E-state index in [1.54, 1.807) is 0 Å². The van der Waals surface area contributed by atoms with E-state index < -0.39 is 63.9 Å². The van der Waals surface area contributed by atoms with Crippen LogP contribution in [0.15, 0.2) is 33.9 Å². The minimum Gasteiger partial charge on any atom is -0.504 e. The van der Waals surface area contributed by atoms with Crippen molar-refractivity contribution >= 4 is 75.2 Å². The van der Waals surface area contributed by atoms with Gasteiger partial charge in [-0.1, -0.05) is 16.8 Å². The normalized spacial score (nSPS) is 24.8. The van der Waals surface area contributed by atoms with Crippen molar-refractivity contribution in [2.75, 3.05) is 18.0 Å². The summed E-state index contributed by atoms with van der Waals surface area (Å²) < 4.78 is 0. The Hall–Kier alpha value is -4.59. The number of anilines is 1. The predicted octanol–water partition coefficient (Wildman–Crippen LogP) is 1.54. The lowest BCUT2D eigenvalue weighted by molar-refractivity contribution is -0.161. The topological polar surface area (TPSA) is 257 Å². The van der Waals surface area contributed by atoms with E-state index >= 15 is 0 Å². The number of benzene rings is 1. The zero-order valence-electron chi connectivity index (χ0n) is 27.2. The van der Waals surface area contributed by atoms with Gasteiger partial charge in [-0.2, -0.15) is 0 Å². The highest BCUT2D eigenvalue weighted by atomic mass is 35.5. The summed E-state index contributed by atoms with van der Waals surface area (Å²) in [5.41, 5.74) is 3.98. The number of thiazole rings is 1. The highest BCUT2D eigenvalue weighted by Gasteiger charge is 2.55. The number of thioether (sulfide) groups is 1. The predicted molar refractivity (Wildman–Crippen MR) is 184 cm³/mol. The quantitative estimate of drug-likeness (QED) is 0.0742. The van der Waals surface area contributed by atoms with Gasteiger partial charge in [0.05, 0.1) is 10.6 Å². The number of aliphatic carboxylic acids is 2. The number of nitrogens with two attached hydrogens (primary N) is 1. The number of hydrogen-bond acceptors (Lipinski definition) is 14. The Bertz CT molecular complexity index is 1870. The second-order valence-corrected chi connectivity index (χ2v) is 15.4. The molecule has 0 saturated carbocycles. The third-order valence-electron chi connectivity index (χ3n) is 9.33. The number of piperidine rings is 1. The van der Waals surface area contributed by atoms with Gasteiger partial charge in [0.1, 0.15) is 22.8 Å². The highest BCUT2D eigenvalue weighted by molar-refractivity contribution is 8.00. The number of hydrogen-bond donors (Lipinski definition) is 7. The molecule has 5 atom stereocenters. The number of halogens is 1. The second kappa shape index (κ2) is 13.9. The van der Waals surface area contributed by atoms with E-state index in [0.29, 0.717) is 25.0 Å². The fourth-order valence-corrected chi connectivity index (χ4v) is 8.81. The molecule has 3 amide bonds. The van der Waals surface area contributed by atoms with Crippen LogP contribution in [0.25, 0.3) is 0 Å². The first-order chi connectivity index (χ1) is 24.1. The number of aromatic nitrogens is 1. The first-order valence-corrected chi connectivity index (χ1v) is 18.1. The van der Waals surface area contributed by atoms with Gasteiger partial charge in [0.25, 0.3) is 17.7 Å². The number of oxime groups is 1. The Kier molecular flexibility index (Phi) is 9.83. The average Bonchev–Trinajstić information content (AvgIpc) is 3.59. The van der Waals surface area contributed by atoms with Crippen LogP contribution < -0.4 is 16.4 Å². The monoisotopic (exact) mass is 763 g/mol. The SMILES string of the molecule is CC(C)(O/N=C(\C(=O)N[C@@H]1C(=O)N2C(C(=O)O)=C(CN3[C@@H]4CC[C@H]3CC(NC(=O)c3ccc(O)c(O)c3Cl)C4)CS[C@H]12)c1csc(N)n1)C(=O)O. The molecular weight excluding hydrogens is 730 g/mol. The number of fused-ring (bicyclic) bond motifs is 3. The van der Waals surface area contributed by atoms with Crippen molar-refractivity contribution in [1.82, 2.24) is 25.4 Å². The zero-order chi connectivity index (χ0) is 36.9. The summed E-state index contributed by atoms with van der Waals surface area (Å²) >= 11 is 8.40. The van der Waals surface area contributed by atoms with Gasteiger partial charge in [0.2, 0.25) is 5.60 Å². The third-order valence-corrected chi connectivity index (χ3v) is 11.7. The molecule has 1 aromatic carbocycles. The Morgan fingerprint density at radius 2 is 1.82 bits per heavy atom. The van der Waals surface area contributed by atoms with Gasteiger partial charge in [0.15, 0.2) is 22.3 Å². The van der Waals surface area contributed by atoms with Crippen molar-refractivity contribution in [3.8, 4) is 11.5 Å². The van der Waals surface area contributed by atoms with Crippen LogP contribution in [0.3, 0.4) is 0 Å². The van der Waals surface area contributed by atoms with E-state index in [0.717, 1.165) is 24.2 Å². The number of rotatable bonds is 11. The molecule has 8 N–H and O–H groups in total. The van der Waals surface area contributed by atoms with Crippen LogP contribution in [0.4, 0.5) is 5.13 Å². The van der Waals surface area contributed by atoms with Crippen LogP contribution in [-0.2, 0) is 24.0 Å². The molecule has 2 aromatic rings. The van der Waals surface area contributed by atoms with Crippen LogP contribution in [0.5, 0.6) is 11.5 Å². The van der Waals surface area contributed by atoms with Crippen LogP contribution in [0.2, 0.25) is 5.02 Å². The Labute approximate surface area is 303 Å². The molecular formula is C31H34ClN7O10S2. The van der Waals surface area contributed by atoms with Crippen molar-refractivity contribution in [3.05, 3.63) is 45.1 Å². The number of carbonyl (C=O) groups is 5. The first-order valence-electron chi connectivity index (χ1n) is 15.8. The van der Waals surface area contributed by atoms with Crippen LogP contribution in [0, 0.1) is 0 Å². The minimum atomic E-state index is -1.79. The number of nitrogen functional groups attached to an aromatic ring is 1. The molecule has 0 radical (unpaired) electrons. The highest BCUT2D eigenvalue weighted by Crippen LogP contribution is 2.43. The number of aromatic hydroxyl groups is 2. The molecule has 1 unspecified atom stereocenters. The molecule has 20 heteroatoms. The number of carboxylic acid groups (broad SMARTS) is 2. The molecule has 4 aliphatic rings. The number of nitrogens with one attached hydrogen (secondary N) is 2. The minimum absolute atomic E-state index is 0.00550. The summed E-state index contributed by atoms with van der Waals surface area (Å²) in [7, 11) is 0. The average molecular weight is 764 g/mol. The lowest BCUT2D eigenvalue weighted by Crippen LogP contribution is -2.71. The standard InChI is InChI=1S/C31H34ClN7O10S2/c1-31(2,29(47)48)49-37-20(17-11-51-30(33)35-17)25(43)36-21-26(44)39-22(28(45)46)12(10-50-27(21)39)9-38-14-3-4-15(38)8-13(7-14)34-24(42)16-5-6-18(40)23(41)19(16)32/h5-6,11,13-15,21,27,40-41H,3-4,7-10H2,1-2H3,(H2,33,35)(H,34,42)(H,36,43)(H,45,46)(H,47,48)/b37-20-/t13?,14-,15+,21-,27-/m1/s1. The van der Waals surface area contributed by atoms with Crippen molar-refractivity contribution in [1.29, 1.82) is 0 Å². The van der Waals surface area contributed by atoms with Crippen LogP contribution in [0.1, 0.15) is 55.6 Å². The summed E-state index contributed by atoms with van der Waals surface area (Å²) in [6, 6.07) is 1.28. The van der Waals surface area contributed by atoms with Gasteiger partial charge < -0.3 is 41.6 Å². The van der Waals surface area contributed by atoms with E-state index in [-0.39, 0.29) is 51.0 Å². The smallest absolute Gasteiger partial charge is 0.352 e. The van der Waals surface area contributed by atoms with E-state index in [1.807, 2.05) is 0 Å². The van der Waals surface area contributed by atoms with Gasteiger partial charge in [-0.3, -0.25) is 24.2 Å². The zero-order valence-corrected chi connectivity index (χ0v) is 29.5. The Morgan fingerprint density at radius 3 is 2.43 bits per heavy atom. The number of β-lactam (4-membered cyclic amide) rings is 1. The Balaban J connectivity index is 1.13. The number of nitrogens with zero attached hydrogens (tertiary/aromatic N) is 4. The molecule has 1 aromatic heterocycles. The van der Waals surface area contributed by atoms with Gasteiger partial charge in [0, 0.05) is 35.8 Å². The van der Waals surface area contributed by atoms with Crippen LogP contribution in [-0.4, -0.2) is 118 Å². The first kappa shape index (κ1) is 36.2. The molecule has 4 aliphatic heterocycles. The number of carboxylic acids is 2. The molecule has 3 fully saturated rings. The number of phenols is 2. The fraction of sp³-hybridized carbons (Fsp3) is 0.452. The maximum absolute atomic E-state index is 13.4. The fourth-order valence-electron chi connectivity index (χ4n) is 6.68. The molecule has 5 heterocycles. The molecule has 0 aliphatic carbocycles. The summed E-state index contributed by atoms with van der Waals surface area (Å²) in [6.45, 7) is 2.78. The van der Waals surface area contributed by atoms with Crippen molar-refractivity contribution in [2.24, 2.45) is 5.16 Å². The summed E-state index contributed by atoms with van der Waals surface area (Å²) in [4.78, 5) is 76.5. The lowest BCUT2D eigenvalue weighted by Gasteiger charge is -2.50. The van der Waals surface area contributed by atoms with Crippen molar-refractivity contribution in [3.63, 3.8) is 0 Å². The van der Waals surface area contributed by atoms with Crippen molar-refractivity contribution in [2.45, 2.75) is 74.7 Å². The molecule has 17 nitrogen and oxygen atoms in total. The third kappa shape index (κ3) is 6.89. The van der Waals surface area contributed by atoms with Crippen molar-refractivity contribution < 1.29 is 49.2 Å². The largest absolute Gasteiger partial charge is 0.504 e. The number of phenolic OH excluding ortho intramolecular Hbond substituents is 2.